The van der Waals surface area contributed by atoms with Gasteiger partial charge in [0.15, 0.2) is 0 Å². The molecule has 1 saturated heterocycles. The van der Waals surface area contributed by atoms with Gasteiger partial charge in [-0.25, -0.2) is 0 Å². The molecule has 1 heterocycles. The van der Waals surface area contributed by atoms with Crippen molar-refractivity contribution in [1.29, 1.82) is 0 Å². The van der Waals surface area contributed by atoms with E-state index < -0.39 is 0 Å². The zero-order valence-corrected chi connectivity index (χ0v) is 12.8. The van der Waals surface area contributed by atoms with E-state index in [-0.39, 0.29) is 0 Å². The van der Waals surface area contributed by atoms with Crippen LogP contribution in [-0.2, 0) is 11.2 Å². The van der Waals surface area contributed by atoms with Crippen molar-refractivity contribution in [3.63, 3.8) is 0 Å². The van der Waals surface area contributed by atoms with Crippen LogP contribution in [0, 0.1) is 0 Å². The number of nitrogens with one attached hydrogen (secondary N) is 1. The van der Waals surface area contributed by atoms with Crippen molar-refractivity contribution in [3.8, 4) is 0 Å². The summed E-state index contributed by atoms with van der Waals surface area (Å²) in [4.78, 5) is 0. The molecule has 0 radical (unpaired) electrons. The van der Waals surface area contributed by atoms with Gasteiger partial charge in [-0.1, -0.05) is 29.3 Å². The number of likely N-dealkylation sites (N-methyl/N-ethyl adjacent to an activating group) is 1. The standard InChI is InChI=1S/C15H21Cl2NO/c1-18-11(7-8-12-4-3-9-19-12)10-13-14(16)5-2-6-15(13)17/h2,5-6,11-12,18H,3-4,7-10H2,1H3. The van der Waals surface area contributed by atoms with Crippen molar-refractivity contribution in [2.24, 2.45) is 0 Å². The number of benzene rings is 1. The van der Waals surface area contributed by atoms with E-state index in [9.17, 15) is 0 Å². The molecule has 0 aliphatic carbocycles. The molecular weight excluding hydrogens is 281 g/mol. The van der Waals surface area contributed by atoms with Crippen LogP contribution in [0.3, 0.4) is 0 Å². The molecule has 1 aliphatic rings. The van der Waals surface area contributed by atoms with Crippen molar-refractivity contribution in [3.05, 3.63) is 33.8 Å². The molecule has 1 N–H and O–H groups in total. The molecule has 0 saturated carbocycles. The van der Waals surface area contributed by atoms with E-state index in [1.54, 1.807) is 0 Å². The molecule has 0 spiro atoms. The molecule has 1 fully saturated rings. The van der Waals surface area contributed by atoms with Gasteiger partial charge in [0.05, 0.1) is 6.10 Å². The van der Waals surface area contributed by atoms with Crippen LogP contribution in [0.5, 0.6) is 0 Å². The molecule has 0 aromatic heterocycles. The number of hydrogen-bond donors (Lipinski definition) is 1. The lowest BCUT2D eigenvalue weighted by molar-refractivity contribution is 0.0998. The second kappa shape index (κ2) is 7.49. The predicted octanol–water partition coefficient (Wildman–Crippen LogP) is 4.08. The van der Waals surface area contributed by atoms with Crippen LogP contribution in [0.25, 0.3) is 0 Å². The number of halogens is 2. The summed E-state index contributed by atoms with van der Waals surface area (Å²) in [5, 5.41) is 4.87. The van der Waals surface area contributed by atoms with Crippen molar-refractivity contribution >= 4 is 23.2 Å². The van der Waals surface area contributed by atoms with Crippen molar-refractivity contribution in [1.82, 2.24) is 5.32 Å². The van der Waals surface area contributed by atoms with Crippen LogP contribution in [0.1, 0.15) is 31.2 Å². The maximum atomic E-state index is 6.22. The Hall–Kier alpha value is -0.280. The first-order chi connectivity index (χ1) is 9.20. The molecule has 2 atom stereocenters. The van der Waals surface area contributed by atoms with E-state index in [0.717, 1.165) is 41.5 Å². The lowest BCUT2D eigenvalue weighted by atomic mass is 9.99. The Morgan fingerprint density at radius 1 is 1.37 bits per heavy atom. The lowest BCUT2D eigenvalue weighted by Gasteiger charge is -2.19. The van der Waals surface area contributed by atoms with E-state index >= 15 is 0 Å². The minimum absolute atomic E-state index is 0.390. The molecule has 4 heteroatoms. The van der Waals surface area contributed by atoms with Crippen molar-refractivity contribution in [2.75, 3.05) is 13.7 Å². The quantitative estimate of drug-likeness (QED) is 0.855. The van der Waals surface area contributed by atoms with Gasteiger partial charge in [-0.3, -0.25) is 0 Å². The Balaban J connectivity index is 1.90. The fraction of sp³-hybridized carbons (Fsp3) is 0.600. The highest BCUT2D eigenvalue weighted by Crippen LogP contribution is 2.27. The molecule has 2 nitrogen and oxygen atoms in total. The molecule has 106 valence electrons. The van der Waals surface area contributed by atoms with Crippen LogP contribution < -0.4 is 5.32 Å². The molecular formula is C15H21Cl2NO. The largest absolute Gasteiger partial charge is 0.378 e. The van der Waals surface area contributed by atoms with E-state index in [4.69, 9.17) is 27.9 Å². The molecule has 2 unspecified atom stereocenters. The summed E-state index contributed by atoms with van der Waals surface area (Å²) in [7, 11) is 1.99. The summed E-state index contributed by atoms with van der Waals surface area (Å²) in [5.74, 6) is 0. The number of ether oxygens (including phenoxy) is 1. The van der Waals surface area contributed by atoms with Gasteiger partial charge in [0.1, 0.15) is 0 Å². The molecule has 19 heavy (non-hydrogen) atoms. The van der Waals surface area contributed by atoms with Crippen molar-refractivity contribution in [2.45, 2.75) is 44.2 Å². The summed E-state index contributed by atoms with van der Waals surface area (Å²) in [6.07, 6.45) is 5.89. The fourth-order valence-corrected chi connectivity index (χ4v) is 3.13. The fourth-order valence-electron chi connectivity index (χ4n) is 2.58. The van der Waals surface area contributed by atoms with Crippen LogP contribution in [0.4, 0.5) is 0 Å². The third-order valence-electron chi connectivity index (χ3n) is 3.78. The molecule has 2 rings (SSSR count). The first kappa shape index (κ1) is 15.1. The zero-order chi connectivity index (χ0) is 13.7. The monoisotopic (exact) mass is 301 g/mol. The summed E-state index contributed by atoms with van der Waals surface area (Å²) in [6.45, 7) is 0.922. The third kappa shape index (κ3) is 4.35. The Morgan fingerprint density at radius 3 is 2.68 bits per heavy atom. The number of rotatable bonds is 6. The molecule has 1 aromatic rings. The second-order valence-corrected chi connectivity index (χ2v) is 5.92. The Bertz CT molecular complexity index is 385. The van der Waals surface area contributed by atoms with Crippen LogP contribution in [-0.4, -0.2) is 25.8 Å². The third-order valence-corrected chi connectivity index (χ3v) is 4.49. The van der Waals surface area contributed by atoms with Gasteiger partial charge in [0.25, 0.3) is 0 Å². The maximum absolute atomic E-state index is 6.22. The Labute approximate surface area is 125 Å². The minimum atomic E-state index is 0.390. The lowest BCUT2D eigenvalue weighted by Crippen LogP contribution is -2.29. The summed E-state index contributed by atoms with van der Waals surface area (Å²) in [6, 6.07) is 6.07. The average molecular weight is 302 g/mol. The Kier molecular flexibility index (Phi) is 5.96. The van der Waals surface area contributed by atoms with E-state index in [0.29, 0.717) is 12.1 Å². The average Bonchev–Trinajstić information content (AvgIpc) is 2.91. The van der Waals surface area contributed by atoms with E-state index in [2.05, 4.69) is 5.32 Å². The summed E-state index contributed by atoms with van der Waals surface area (Å²) < 4.78 is 5.67. The van der Waals surface area contributed by atoms with Crippen LogP contribution >= 0.6 is 23.2 Å². The maximum Gasteiger partial charge on any atom is 0.0576 e. The molecule has 0 bridgehead atoms. The highest BCUT2D eigenvalue weighted by atomic mass is 35.5. The topological polar surface area (TPSA) is 21.3 Å². The SMILES string of the molecule is CNC(CCC1CCCO1)Cc1c(Cl)cccc1Cl. The van der Waals surface area contributed by atoms with Crippen LogP contribution in [0.2, 0.25) is 10.0 Å². The van der Waals surface area contributed by atoms with Gasteiger partial charge in [-0.05, 0) is 56.8 Å². The van der Waals surface area contributed by atoms with Crippen molar-refractivity contribution < 1.29 is 4.74 Å². The van der Waals surface area contributed by atoms with Gasteiger partial charge < -0.3 is 10.1 Å². The van der Waals surface area contributed by atoms with E-state index in [1.165, 1.54) is 12.8 Å². The second-order valence-electron chi connectivity index (χ2n) is 5.10. The van der Waals surface area contributed by atoms with E-state index in [1.807, 2.05) is 25.2 Å². The van der Waals surface area contributed by atoms with Crippen LogP contribution in [0.15, 0.2) is 18.2 Å². The first-order valence-electron chi connectivity index (χ1n) is 6.92. The molecule has 1 aliphatic heterocycles. The van der Waals surface area contributed by atoms with Gasteiger partial charge in [0.2, 0.25) is 0 Å². The van der Waals surface area contributed by atoms with Gasteiger partial charge >= 0.3 is 0 Å². The minimum Gasteiger partial charge on any atom is -0.378 e. The summed E-state index contributed by atoms with van der Waals surface area (Å²) in [5.41, 5.74) is 1.04. The van der Waals surface area contributed by atoms with Gasteiger partial charge in [-0.15, -0.1) is 0 Å². The smallest absolute Gasteiger partial charge is 0.0576 e. The number of hydrogen-bond acceptors (Lipinski definition) is 2. The highest BCUT2D eigenvalue weighted by molar-refractivity contribution is 6.35. The highest BCUT2D eigenvalue weighted by Gasteiger charge is 2.18. The van der Waals surface area contributed by atoms with Gasteiger partial charge in [-0.2, -0.15) is 0 Å². The molecule has 0 amide bonds. The first-order valence-corrected chi connectivity index (χ1v) is 7.68. The predicted molar refractivity (Wildman–Crippen MR) is 81.2 cm³/mol. The zero-order valence-electron chi connectivity index (χ0n) is 11.3. The van der Waals surface area contributed by atoms with Gasteiger partial charge in [0, 0.05) is 22.7 Å². The Morgan fingerprint density at radius 2 is 2.11 bits per heavy atom. The normalized spacial score (nSPS) is 20.7. The summed E-state index contributed by atoms with van der Waals surface area (Å²) >= 11 is 12.4. The molecule has 1 aromatic carbocycles.